The molecule has 6 heteroatoms. The molecule has 150 valence electrons. The number of benzene rings is 2. The van der Waals surface area contributed by atoms with Gasteiger partial charge in [-0.3, -0.25) is 9.36 Å². The van der Waals surface area contributed by atoms with Crippen molar-refractivity contribution in [3.05, 3.63) is 60.3 Å². The first-order chi connectivity index (χ1) is 14.2. The van der Waals surface area contributed by atoms with Gasteiger partial charge in [0.2, 0.25) is 5.91 Å². The van der Waals surface area contributed by atoms with Crippen molar-refractivity contribution in [2.45, 2.75) is 24.9 Å². The lowest BCUT2D eigenvalue weighted by Crippen LogP contribution is -2.29. The van der Waals surface area contributed by atoms with Crippen molar-refractivity contribution < 1.29 is 9.53 Å². The molecule has 1 fully saturated rings. The number of imidazole rings is 1. The van der Waals surface area contributed by atoms with E-state index < -0.39 is 0 Å². The molecule has 1 aliphatic heterocycles. The maximum absolute atomic E-state index is 12.5. The Labute approximate surface area is 175 Å². The van der Waals surface area contributed by atoms with E-state index in [4.69, 9.17) is 4.74 Å². The average molecular weight is 408 g/mol. The number of thioether (sulfide) groups is 1. The lowest BCUT2D eigenvalue weighted by Gasteiger charge is -2.16. The highest BCUT2D eigenvalue weighted by Gasteiger charge is 2.20. The number of aromatic nitrogens is 2. The van der Waals surface area contributed by atoms with Crippen molar-refractivity contribution in [1.29, 1.82) is 0 Å². The Bertz CT molecular complexity index is 974. The average Bonchev–Trinajstić information content (AvgIpc) is 3.43. The van der Waals surface area contributed by atoms with Gasteiger partial charge in [-0.05, 0) is 56.2 Å². The van der Waals surface area contributed by atoms with Crippen LogP contribution in [0.4, 0.5) is 0 Å². The van der Waals surface area contributed by atoms with Crippen molar-refractivity contribution in [3.8, 4) is 22.7 Å². The SMILES string of the molecule is COc1ccc(-c2cnc(SCC(=O)N3CCCC3)n2-c2ccc(C)cc2)cc1. The fourth-order valence-corrected chi connectivity index (χ4v) is 4.42. The van der Waals surface area contributed by atoms with E-state index >= 15 is 0 Å². The number of aryl methyl sites for hydroxylation is 1. The third kappa shape index (κ3) is 4.32. The molecule has 4 rings (SSSR count). The third-order valence-electron chi connectivity index (χ3n) is 5.19. The highest BCUT2D eigenvalue weighted by atomic mass is 32.2. The van der Waals surface area contributed by atoms with E-state index in [2.05, 4.69) is 40.7 Å². The molecule has 0 radical (unpaired) electrons. The summed E-state index contributed by atoms with van der Waals surface area (Å²) in [6, 6.07) is 16.3. The predicted octanol–water partition coefficient (Wildman–Crippen LogP) is 4.57. The minimum absolute atomic E-state index is 0.192. The molecule has 29 heavy (non-hydrogen) atoms. The second-order valence-corrected chi connectivity index (χ2v) is 8.14. The van der Waals surface area contributed by atoms with Gasteiger partial charge in [-0.15, -0.1) is 0 Å². The Morgan fingerprint density at radius 3 is 2.41 bits per heavy atom. The number of ether oxygens (including phenoxy) is 1. The second kappa shape index (κ2) is 8.74. The molecule has 0 N–H and O–H groups in total. The number of methoxy groups -OCH3 is 1. The number of nitrogens with zero attached hydrogens (tertiary/aromatic N) is 3. The summed E-state index contributed by atoms with van der Waals surface area (Å²) in [5.41, 5.74) is 4.29. The second-order valence-electron chi connectivity index (χ2n) is 7.20. The highest BCUT2D eigenvalue weighted by Crippen LogP contribution is 2.31. The van der Waals surface area contributed by atoms with E-state index in [1.54, 1.807) is 7.11 Å². The lowest BCUT2D eigenvalue weighted by atomic mass is 10.1. The molecule has 3 aromatic rings. The van der Waals surface area contributed by atoms with Gasteiger partial charge in [0.15, 0.2) is 5.16 Å². The predicted molar refractivity (Wildman–Crippen MR) is 117 cm³/mol. The molecule has 0 saturated carbocycles. The van der Waals surface area contributed by atoms with Crippen LogP contribution in [0.5, 0.6) is 5.75 Å². The number of hydrogen-bond acceptors (Lipinski definition) is 4. The summed E-state index contributed by atoms with van der Waals surface area (Å²) in [4.78, 5) is 19.1. The van der Waals surface area contributed by atoms with Gasteiger partial charge in [-0.25, -0.2) is 4.98 Å². The summed E-state index contributed by atoms with van der Waals surface area (Å²) in [5, 5.41) is 0.826. The van der Waals surface area contributed by atoms with Crippen LogP contribution in [0, 0.1) is 6.92 Å². The van der Waals surface area contributed by atoms with Gasteiger partial charge in [0, 0.05) is 24.3 Å². The number of hydrogen-bond donors (Lipinski definition) is 0. The molecule has 0 spiro atoms. The first-order valence-corrected chi connectivity index (χ1v) is 10.8. The van der Waals surface area contributed by atoms with Crippen LogP contribution in [-0.2, 0) is 4.79 Å². The minimum Gasteiger partial charge on any atom is -0.497 e. The Balaban J connectivity index is 1.66. The summed E-state index contributed by atoms with van der Waals surface area (Å²) in [7, 11) is 1.66. The summed E-state index contributed by atoms with van der Waals surface area (Å²) < 4.78 is 7.41. The van der Waals surface area contributed by atoms with Gasteiger partial charge in [0.05, 0.1) is 24.8 Å². The molecule has 2 aromatic carbocycles. The van der Waals surface area contributed by atoms with Crippen LogP contribution in [0.1, 0.15) is 18.4 Å². The molecule has 1 aliphatic rings. The molecular formula is C23H25N3O2S. The van der Waals surface area contributed by atoms with E-state index in [1.807, 2.05) is 35.4 Å². The molecular weight excluding hydrogens is 382 g/mol. The Hall–Kier alpha value is -2.73. The van der Waals surface area contributed by atoms with Crippen molar-refractivity contribution in [2.75, 3.05) is 26.0 Å². The van der Waals surface area contributed by atoms with Crippen LogP contribution in [0.25, 0.3) is 16.9 Å². The Morgan fingerprint density at radius 2 is 1.76 bits per heavy atom. The highest BCUT2D eigenvalue weighted by molar-refractivity contribution is 7.99. The molecule has 1 saturated heterocycles. The smallest absolute Gasteiger partial charge is 0.233 e. The molecule has 1 amide bonds. The van der Waals surface area contributed by atoms with Gasteiger partial charge in [0.25, 0.3) is 0 Å². The molecule has 0 bridgehead atoms. The lowest BCUT2D eigenvalue weighted by molar-refractivity contribution is -0.127. The van der Waals surface area contributed by atoms with E-state index in [1.165, 1.54) is 17.3 Å². The fourth-order valence-electron chi connectivity index (χ4n) is 3.53. The maximum atomic E-state index is 12.5. The van der Waals surface area contributed by atoms with Crippen LogP contribution < -0.4 is 4.74 Å². The molecule has 1 aromatic heterocycles. The normalized spacial score (nSPS) is 13.7. The summed E-state index contributed by atoms with van der Waals surface area (Å²) in [6.07, 6.45) is 4.09. The number of carbonyl (C=O) groups excluding carboxylic acids is 1. The first kappa shape index (κ1) is 19.6. The number of amides is 1. The first-order valence-electron chi connectivity index (χ1n) is 9.85. The molecule has 0 atom stereocenters. The number of rotatable bonds is 6. The van der Waals surface area contributed by atoms with Crippen LogP contribution in [0.2, 0.25) is 0 Å². The van der Waals surface area contributed by atoms with Gasteiger partial charge in [-0.1, -0.05) is 29.5 Å². The number of likely N-dealkylation sites (tertiary alicyclic amines) is 1. The quantitative estimate of drug-likeness (QED) is 0.562. The standard InChI is InChI=1S/C23H25N3O2S/c1-17-5-9-19(10-6-17)26-21(18-7-11-20(28-2)12-8-18)15-24-23(26)29-16-22(27)25-13-3-4-14-25/h5-12,15H,3-4,13-14,16H2,1-2H3. The fraction of sp³-hybridized carbons (Fsp3) is 0.304. The van der Waals surface area contributed by atoms with E-state index in [0.29, 0.717) is 5.75 Å². The molecule has 0 unspecified atom stereocenters. The zero-order valence-corrected chi connectivity index (χ0v) is 17.6. The van der Waals surface area contributed by atoms with Crippen molar-refractivity contribution >= 4 is 17.7 Å². The van der Waals surface area contributed by atoms with Gasteiger partial charge >= 0.3 is 0 Å². The summed E-state index contributed by atoms with van der Waals surface area (Å²) in [6.45, 7) is 3.83. The zero-order valence-electron chi connectivity index (χ0n) is 16.8. The van der Waals surface area contributed by atoms with Crippen molar-refractivity contribution in [1.82, 2.24) is 14.5 Å². The molecule has 0 aliphatic carbocycles. The van der Waals surface area contributed by atoms with E-state index in [9.17, 15) is 4.79 Å². The van der Waals surface area contributed by atoms with Gasteiger partial charge < -0.3 is 9.64 Å². The van der Waals surface area contributed by atoms with Gasteiger partial charge in [-0.2, -0.15) is 0 Å². The third-order valence-corrected chi connectivity index (χ3v) is 6.13. The summed E-state index contributed by atoms with van der Waals surface area (Å²) >= 11 is 1.50. The van der Waals surface area contributed by atoms with Gasteiger partial charge in [0.1, 0.15) is 5.75 Å². The Morgan fingerprint density at radius 1 is 1.07 bits per heavy atom. The maximum Gasteiger partial charge on any atom is 0.233 e. The van der Waals surface area contributed by atoms with Crippen molar-refractivity contribution in [2.24, 2.45) is 0 Å². The van der Waals surface area contributed by atoms with Crippen LogP contribution in [-0.4, -0.2) is 46.3 Å². The zero-order chi connectivity index (χ0) is 20.2. The van der Waals surface area contributed by atoms with Crippen molar-refractivity contribution in [3.63, 3.8) is 0 Å². The molecule has 5 nitrogen and oxygen atoms in total. The monoisotopic (exact) mass is 407 g/mol. The largest absolute Gasteiger partial charge is 0.497 e. The van der Waals surface area contributed by atoms with E-state index in [0.717, 1.165) is 53.8 Å². The summed E-state index contributed by atoms with van der Waals surface area (Å²) in [5.74, 6) is 1.42. The van der Waals surface area contributed by atoms with Crippen LogP contribution in [0.15, 0.2) is 59.9 Å². The minimum atomic E-state index is 0.192. The topological polar surface area (TPSA) is 47.4 Å². The van der Waals surface area contributed by atoms with Crippen LogP contribution in [0.3, 0.4) is 0 Å². The van der Waals surface area contributed by atoms with E-state index in [-0.39, 0.29) is 5.91 Å². The Kier molecular flexibility index (Phi) is 5.90. The number of carbonyl (C=O) groups is 1. The van der Waals surface area contributed by atoms with Crippen LogP contribution >= 0.6 is 11.8 Å². The molecule has 2 heterocycles.